The second-order valence-corrected chi connectivity index (χ2v) is 3.13. The molecule has 0 spiro atoms. The first-order chi connectivity index (χ1) is 4.38. The Bertz CT molecular complexity index is 113. The lowest BCUT2D eigenvalue weighted by atomic mass is 9.90. The number of fused-ring (bicyclic) bond motifs is 1. The van der Waals surface area contributed by atoms with Crippen molar-refractivity contribution in [3.8, 4) is 0 Å². The van der Waals surface area contributed by atoms with E-state index in [0.29, 0.717) is 6.04 Å². The Labute approximate surface area is 55.5 Å². The molecule has 0 bridgehead atoms. The molecule has 0 amide bonds. The molecule has 0 radical (unpaired) electrons. The van der Waals surface area contributed by atoms with Crippen molar-refractivity contribution in [1.29, 1.82) is 0 Å². The van der Waals surface area contributed by atoms with Crippen LogP contribution in [0.5, 0.6) is 0 Å². The Hall–Kier alpha value is -0.0800. The van der Waals surface area contributed by atoms with E-state index in [9.17, 15) is 5.11 Å². The van der Waals surface area contributed by atoms with Gasteiger partial charge in [-0.15, -0.1) is 0 Å². The van der Waals surface area contributed by atoms with Crippen LogP contribution in [-0.2, 0) is 0 Å². The predicted octanol–water partition coefficient (Wildman–Crippen LogP) is 0.215. The van der Waals surface area contributed by atoms with Crippen molar-refractivity contribution in [2.75, 3.05) is 13.1 Å². The molecular formula is C7H13NO. The van der Waals surface area contributed by atoms with Crippen molar-refractivity contribution >= 4 is 0 Å². The van der Waals surface area contributed by atoms with Crippen molar-refractivity contribution in [3.63, 3.8) is 0 Å². The summed E-state index contributed by atoms with van der Waals surface area (Å²) in [6, 6.07) is 0.541. The average Bonchev–Trinajstić information content (AvgIpc) is 1.86. The standard InChI is InChI=1S/C7H13NO/c9-7-5-8-4-2-1-3-6(7)8/h6-7,9H,1-5H2/t6-,7-/m1/s1. The summed E-state index contributed by atoms with van der Waals surface area (Å²) in [6.07, 6.45) is 3.88. The monoisotopic (exact) mass is 127 g/mol. The molecule has 52 valence electrons. The van der Waals surface area contributed by atoms with Crippen LogP contribution < -0.4 is 0 Å². The smallest absolute Gasteiger partial charge is 0.0822 e. The van der Waals surface area contributed by atoms with Gasteiger partial charge in [0.2, 0.25) is 0 Å². The van der Waals surface area contributed by atoms with Gasteiger partial charge < -0.3 is 5.11 Å². The van der Waals surface area contributed by atoms with Crippen LogP contribution in [0.4, 0.5) is 0 Å². The lowest BCUT2D eigenvalue weighted by molar-refractivity contribution is -0.0789. The molecule has 2 heteroatoms. The van der Waals surface area contributed by atoms with Gasteiger partial charge in [-0.1, -0.05) is 6.42 Å². The van der Waals surface area contributed by atoms with Gasteiger partial charge in [-0.3, -0.25) is 4.90 Å². The molecule has 2 heterocycles. The zero-order valence-electron chi connectivity index (χ0n) is 5.58. The molecule has 2 aliphatic heterocycles. The van der Waals surface area contributed by atoms with Crippen LogP contribution >= 0.6 is 0 Å². The molecule has 9 heavy (non-hydrogen) atoms. The first kappa shape index (κ1) is 5.69. The van der Waals surface area contributed by atoms with E-state index in [4.69, 9.17) is 0 Å². The van der Waals surface area contributed by atoms with Crippen molar-refractivity contribution in [1.82, 2.24) is 4.90 Å². The number of aliphatic hydroxyl groups is 1. The van der Waals surface area contributed by atoms with Gasteiger partial charge in [-0.2, -0.15) is 0 Å². The molecule has 2 atom stereocenters. The van der Waals surface area contributed by atoms with E-state index in [1.54, 1.807) is 0 Å². The maximum absolute atomic E-state index is 9.20. The Morgan fingerprint density at radius 3 is 2.78 bits per heavy atom. The third-order valence-electron chi connectivity index (χ3n) is 2.53. The molecule has 2 aliphatic rings. The van der Waals surface area contributed by atoms with E-state index < -0.39 is 0 Å². The van der Waals surface area contributed by atoms with Crippen molar-refractivity contribution in [2.24, 2.45) is 0 Å². The summed E-state index contributed by atoms with van der Waals surface area (Å²) < 4.78 is 0. The zero-order chi connectivity index (χ0) is 6.27. The highest BCUT2D eigenvalue weighted by molar-refractivity contribution is 4.93. The van der Waals surface area contributed by atoms with Crippen LogP contribution in [0.2, 0.25) is 0 Å². The fraction of sp³-hybridized carbons (Fsp3) is 1.00. The average molecular weight is 127 g/mol. The summed E-state index contributed by atoms with van der Waals surface area (Å²) in [5, 5.41) is 9.20. The SMILES string of the molecule is O[C@@H]1CN2CCCC[C@H]12. The molecule has 0 aromatic rings. The Balaban J connectivity index is 1.94. The molecule has 0 aromatic heterocycles. The fourth-order valence-corrected chi connectivity index (χ4v) is 1.90. The normalized spacial score (nSPS) is 43.7. The van der Waals surface area contributed by atoms with E-state index >= 15 is 0 Å². The van der Waals surface area contributed by atoms with Crippen LogP contribution in [0.25, 0.3) is 0 Å². The number of hydrogen-bond acceptors (Lipinski definition) is 2. The van der Waals surface area contributed by atoms with Gasteiger partial charge in [0.25, 0.3) is 0 Å². The molecular weight excluding hydrogens is 114 g/mol. The van der Waals surface area contributed by atoms with E-state index in [1.807, 2.05) is 0 Å². The maximum Gasteiger partial charge on any atom is 0.0822 e. The molecule has 2 nitrogen and oxygen atoms in total. The van der Waals surface area contributed by atoms with Crippen LogP contribution in [0, 0.1) is 0 Å². The van der Waals surface area contributed by atoms with Gasteiger partial charge in [-0.05, 0) is 19.4 Å². The van der Waals surface area contributed by atoms with Crippen molar-refractivity contribution in [2.45, 2.75) is 31.4 Å². The van der Waals surface area contributed by atoms with Crippen molar-refractivity contribution < 1.29 is 5.11 Å². The Morgan fingerprint density at radius 1 is 1.33 bits per heavy atom. The number of aliphatic hydroxyl groups excluding tert-OH is 1. The summed E-state index contributed by atoms with van der Waals surface area (Å²) in [7, 11) is 0. The molecule has 1 N–H and O–H groups in total. The summed E-state index contributed by atoms with van der Waals surface area (Å²) in [5.41, 5.74) is 0. The lowest BCUT2D eigenvalue weighted by Crippen LogP contribution is -2.61. The molecule has 0 aliphatic carbocycles. The highest BCUT2D eigenvalue weighted by Gasteiger charge is 2.38. The Morgan fingerprint density at radius 2 is 2.22 bits per heavy atom. The van der Waals surface area contributed by atoms with E-state index in [0.717, 1.165) is 6.54 Å². The van der Waals surface area contributed by atoms with Crippen LogP contribution in [0.1, 0.15) is 19.3 Å². The summed E-state index contributed by atoms with van der Waals surface area (Å²) in [5.74, 6) is 0. The number of rotatable bonds is 0. The number of piperidine rings is 1. The van der Waals surface area contributed by atoms with E-state index in [-0.39, 0.29) is 6.10 Å². The largest absolute Gasteiger partial charge is 0.390 e. The van der Waals surface area contributed by atoms with Gasteiger partial charge in [0, 0.05) is 12.6 Å². The Kier molecular flexibility index (Phi) is 1.24. The first-order valence-corrected chi connectivity index (χ1v) is 3.80. The summed E-state index contributed by atoms with van der Waals surface area (Å²) >= 11 is 0. The van der Waals surface area contributed by atoms with Crippen LogP contribution in [0.3, 0.4) is 0 Å². The number of hydrogen-bond donors (Lipinski definition) is 1. The van der Waals surface area contributed by atoms with Gasteiger partial charge in [0.05, 0.1) is 6.10 Å². The van der Waals surface area contributed by atoms with E-state index in [1.165, 1.54) is 25.8 Å². The maximum atomic E-state index is 9.20. The highest BCUT2D eigenvalue weighted by atomic mass is 16.3. The van der Waals surface area contributed by atoms with Crippen LogP contribution in [-0.4, -0.2) is 35.2 Å². The lowest BCUT2D eigenvalue weighted by Gasteiger charge is -2.48. The minimum absolute atomic E-state index is 0.00491. The molecule has 2 rings (SSSR count). The molecule has 0 unspecified atom stereocenters. The third-order valence-corrected chi connectivity index (χ3v) is 2.53. The summed E-state index contributed by atoms with van der Waals surface area (Å²) in [6.45, 7) is 2.16. The molecule has 2 fully saturated rings. The first-order valence-electron chi connectivity index (χ1n) is 3.80. The van der Waals surface area contributed by atoms with Gasteiger partial charge in [-0.25, -0.2) is 0 Å². The van der Waals surface area contributed by atoms with Gasteiger partial charge >= 0.3 is 0 Å². The quantitative estimate of drug-likeness (QED) is 0.503. The van der Waals surface area contributed by atoms with Gasteiger partial charge in [0.1, 0.15) is 0 Å². The summed E-state index contributed by atoms with van der Waals surface area (Å²) in [4.78, 5) is 2.38. The fourth-order valence-electron chi connectivity index (χ4n) is 1.90. The second kappa shape index (κ2) is 1.96. The minimum atomic E-state index is 0.00491. The van der Waals surface area contributed by atoms with Gasteiger partial charge in [0.15, 0.2) is 0 Å². The van der Waals surface area contributed by atoms with Crippen molar-refractivity contribution in [3.05, 3.63) is 0 Å². The zero-order valence-corrected chi connectivity index (χ0v) is 5.58. The topological polar surface area (TPSA) is 23.5 Å². The predicted molar refractivity (Wildman–Crippen MR) is 35.2 cm³/mol. The minimum Gasteiger partial charge on any atom is -0.390 e. The number of nitrogens with zero attached hydrogens (tertiary/aromatic N) is 1. The van der Waals surface area contributed by atoms with E-state index in [2.05, 4.69) is 4.90 Å². The molecule has 0 aromatic carbocycles. The molecule has 2 saturated heterocycles. The third kappa shape index (κ3) is 0.775. The second-order valence-electron chi connectivity index (χ2n) is 3.13. The van der Waals surface area contributed by atoms with Crippen LogP contribution in [0.15, 0.2) is 0 Å². The molecule has 0 saturated carbocycles. The highest BCUT2D eigenvalue weighted by Crippen LogP contribution is 2.27.